The number of pyridine rings is 1. The van der Waals surface area contributed by atoms with Crippen molar-refractivity contribution in [2.45, 2.75) is 25.9 Å². The normalized spacial score (nSPS) is 12.7. The molecule has 0 aliphatic carbocycles. The number of nitrogens with zero attached hydrogens (tertiary/aromatic N) is 3. The van der Waals surface area contributed by atoms with Gasteiger partial charge < -0.3 is 5.11 Å². The zero-order valence-corrected chi connectivity index (χ0v) is 11.2. The average molecular weight is 266 g/mol. The third kappa shape index (κ3) is 2.54. The van der Waals surface area contributed by atoms with E-state index in [0.29, 0.717) is 11.4 Å². The molecular weight excluding hydrogens is 250 g/mol. The molecule has 1 atom stereocenters. The third-order valence-electron chi connectivity index (χ3n) is 2.98. The van der Waals surface area contributed by atoms with E-state index >= 15 is 0 Å². The molecule has 0 amide bonds. The zero-order valence-electron chi connectivity index (χ0n) is 10.5. The molecule has 2 rings (SSSR count). The van der Waals surface area contributed by atoms with Crippen LogP contribution in [-0.2, 0) is 19.9 Å². The molecule has 0 aliphatic heterocycles. The third-order valence-corrected chi connectivity index (χ3v) is 3.42. The van der Waals surface area contributed by atoms with Crippen LogP contribution in [0.1, 0.15) is 30.0 Å². The molecule has 0 bridgehead atoms. The van der Waals surface area contributed by atoms with Crippen molar-refractivity contribution in [3.63, 3.8) is 0 Å². The Bertz CT molecular complexity index is 525. The molecule has 0 aliphatic rings. The van der Waals surface area contributed by atoms with Crippen molar-refractivity contribution in [2.24, 2.45) is 7.05 Å². The molecule has 5 heteroatoms. The summed E-state index contributed by atoms with van der Waals surface area (Å²) in [5.41, 5.74) is 2.56. The molecule has 2 aromatic heterocycles. The quantitative estimate of drug-likeness (QED) is 0.923. The van der Waals surface area contributed by atoms with Crippen LogP contribution in [0.2, 0.25) is 5.02 Å². The predicted octanol–water partition coefficient (Wildman–Crippen LogP) is 2.31. The highest BCUT2D eigenvalue weighted by molar-refractivity contribution is 6.31. The first-order chi connectivity index (χ1) is 8.63. The van der Waals surface area contributed by atoms with E-state index in [4.69, 9.17) is 11.6 Å². The Balaban J connectivity index is 2.22. The summed E-state index contributed by atoms with van der Waals surface area (Å²) in [5, 5.41) is 15.2. The Morgan fingerprint density at radius 3 is 2.61 bits per heavy atom. The number of rotatable bonds is 4. The first-order valence-corrected chi connectivity index (χ1v) is 6.29. The van der Waals surface area contributed by atoms with Gasteiger partial charge in [0.2, 0.25) is 0 Å². The van der Waals surface area contributed by atoms with Gasteiger partial charge in [0.25, 0.3) is 0 Å². The largest absolute Gasteiger partial charge is 0.388 e. The molecule has 0 spiro atoms. The fourth-order valence-electron chi connectivity index (χ4n) is 1.93. The first-order valence-electron chi connectivity index (χ1n) is 5.91. The minimum atomic E-state index is -0.592. The maximum absolute atomic E-state index is 10.2. The van der Waals surface area contributed by atoms with Crippen LogP contribution in [0.25, 0.3) is 0 Å². The maximum Gasteiger partial charge on any atom is 0.0850 e. The van der Waals surface area contributed by atoms with Crippen molar-refractivity contribution < 1.29 is 5.11 Å². The average Bonchev–Trinajstić information content (AvgIpc) is 2.67. The highest BCUT2D eigenvalue weighted by Gasteiger charge is 2.17. The van der Waals surface area contributed by atoms with E-state index in [9.17, 15) is 5.11 Å². The highest BCUT2D eigenvalue weighted by atomic mass is 35.5. The molecule has 2 heterocycles. The van der Waals surface area contributed by atoms with Crippen LogP contribution in [0, 0.1) is 0 Å². The van der Waals surface area contributed by atoms with Gasteiger partial charge in [0.05, 0.1) is 22.5 Å². The van der Waals surface area contributed by atoms with Crippen molar-refractivity contribution in [3.05, 3.63) is 46.5 Å². The number of aryl methyl sites for hydroxylation is 2. The van der Waals surface area contributed by atoms with E-state index in [-0.39, 0.29) is 0 Å². The molecule has 18 heavy (non-hydrogen) atoms. The second kappa shape index (κ2) is 5.50. The molecule has 0 aromatic carbocycles. The summed E-state index contributed by atoms with van der Waals surface area (Å²) < 4.78 is 1.74. The van der Waals surface area contributed by atoms with Gasteiger partial charge in [-0.05, 0) is 24.1 Å². The second-order valence-corrected chi connectivity index (χ2v) is 4.56. The van der Waals surface area contributed by atoms with Gasteiger partial charge >= 0.3 is 0 Å². The fourth-order valence-corrected chi connectivity index (χ4v) is 2.30. The summed E-state index contributed by atoms with van der Waals surface area (Å²) in [6, 6.07) is 3.60. The smallest absolute Gasteiger partial charge is 0.0850 e. The number of hydrogen-bond donors (Lipinski definition) is 1. The van der Waals surface area contributed by atoms with Gasteiger partial charge in [0, 0.05) is 25.9 Å². The molecule has 4 nitrogen and oxygen atoms in total. The summed E-state index contributed by atoms with van der Waals surface area (Å²) >= 11 is 6.25. The minimum absolute atomic E-state index is 0.451. The molecule has 0 saturated heterocycles. The van der Waals surface area contributed by atoms with Crippen LogP contribution < -0.4 is 0 Å². The highest BCUT2D eigenvalue weighted by Crippen LogP contribution is 2.25. The fraction of sp³-hybridized carbons (Fsp3) is 0.385. The van der Waals surface area contributed by atoms with Gasteiger partial charge in [-0.25, -0.2) is 0 Å². The molecule has 0 saturated carbocycles. The Labute approximate surface area is 111 Å². The minimum Gasteiger partial charge on any atom is -0.388 e. The van der Waals surface area contributed by atoms with Crippen LogP contribution in [0.5, 0.6) is 0 Å². The lowest BCUT2D eigenvalue weighted by Crippen LogP contribution is -2.06. The van der Waals surface area contributed by atoms with Crippen molar-refractivity contribution >= 4 is 11.6 Å². The van der Waals surface area contributed by atoms with Gasteiger partial charge in [-0.3, -0.25) is 9.67 Å². The standard InChI is InChI=1S/C13H16ClN3O/c1-3-10-13(14)11(17(2)16-10)8-12(18)9-4-6-15-7-5-9/h4-7,12,18H,3,8H2,1-2H3. The van der Waals surface area contributed by atoms with Crippen molar-refractivity contribution in [1.29, 1.82) is 0 Å². The maximum atomic E-state index is 10.2. The van der Waals surface area contributed by atoms with Gasteiger partial charge in [0.1, 0.15) is 0 Å². The van der Waals surface area contributed by atoms with Crippen molar-refractivity contribution in [2.75, 3.05) is 0 Å². The van der Waals surface area contributed by atoms with E-state index in [1.165, 1.54) is 0 Å². The number of hydrogen-bond acceptors (Lipinski definition) is 3. The van der Waals surface area contributed by atoms with Crippen LogP contribution in [-0.4, -0.2) is 19.9 Å². The van der Waals surface area contributed by atoms with Crippen LogP contribution in [0.4, 0.5) is 0 Å². The molecule has 0 radical (unpaired) electrons. The Morgan fingerprint density at radius 1 is 1.39 bits per heavy atom. The summed E-state index contributed by atoms with van der Waals surface area (Å²) in [6.45, 7) is 2.01. The SMILES string of the molecule is CCc1nn(C)c(CC(O)c2ccncc2)c1Cl. The Hall–Kier alpha value is -1.39. The van der Waals surface area contributed by atoms with Gasteiger partial charge in [0.15, 0.2) is 0 Å². The lowest BCUT2D eigenvalue weighted by atomic mass is 10.1. The van der Waals surface area contributed by atoms with Gasteiger partial charge in [-0.1, -0.05) is 18.5 Å². The summed E-state index contributed by atoms with van der Waals surface area (Å²) in [5.74, 6) is 0. The molecule has 1 N–H and O–H groups in total. The number of aromatic nitrogens is 3. The van der Waals surface area contributed by atoms with E-state index in [2.05, 4.69) is 10.1 Å². The number of aliphatic hydroxyl groups excluding tert-OH is 1. The summed E-state index contributed by atoms with van der Waals surface area (Å²) in [6.07, 6.45) is 3.98. The first kappa shape index (κ1) is 13.1. The van der Waals surface area contributed by atoms with E-state index in [1.54, 1.807) is 29.2 Å². The lowest BCUT2D eigenvalue weighted by Gasteiger charge is -2.11. The molecular formula is C13H16ClN3O. The van der Waals surface area contributed by atoms with E-state index < -0.39 is 6.10 Å². The Morgan fingerprint density at radius 2 is 2.06 bits per heavy atom. The zero-order chi connectivity index (χ0) is 13.1. The van der Waals surface area contributed by atoms with E-state index in [1.807, 2.05) is 14.0 Å². The van der Waals surface area contributed by atoms with Gasteiger partial charge in [-0.15, -0.1) is 0 Å². The monoisotopic (exact) mass is 265 g/mol. The van der Waals surface area contributed by atoms with Crippen LogP contribution in [0.15, 0.2) is 24.5 Å². The molecule has 0 fully saturated rings. The molecule has 1 unspecified atom stereocenters. The summed E-state index contributed by atoms with van der Waals surface area (Å²) in [7, 11) is 1.85. The van der Waals surface area contributed by atoms with Gasteiger partial charge in [-0.2, -0.15) is 5.10 Å². The van der Waals surface area contributed by atoms with Crippen LogP contribution in [0.3, 0.4) is 0 Å². The molecule has 2 aromatic rings. The number of aliphatic hydroxyl groups is 1. The summed E-state index contributed by atoms with van der Waals surface area (Å²) in [4.78, 5) is 3.93. The number of halogens is 1. The molecule has 96 valence electrons. The van der Waals surface area contributed by atoms with E-state index in [0.717, 1.165) is 23.4 Å². The Kier molecular flexibility index (Phi) is 3.99. The van der Waals surface area contributed by atoms with Crippen LogP contribution >= 0.6 is 11.6 Å². The predicted molar refractivity (Wildman–Crippen MR) is 70.5 cm³/mol. The van der Waals surface area contributed by atoms with Crippen molar-refractivity contribution in [3.8, 4) is 0 Å². The second-order valence-electron chi connectivity index (χ2n) is 4.18. The lowest BCUT2D eigenvalue weighted by molar-refractivity contribution is 0.175. The topological polar surface area (TPSA) is 50.9 Å². The van der Waals surface area contributed by atoms with Crippen molar-refractivity contribution in [1.82, 2.24) is 14.8 Å².